The summed E-state index contributed by atoms with van der Waals surface area (Å²) in [5.74, 6) is -1.78. The molecule has 1 fully saturated rings. The Hall–Kier alpha value is -2.02. The number of nitrogens with zero attached hydrogens (tertiary/aromatic N) is 1. The molecule has 3 aromatic rings. The minimum Gasteiger partial charge on any atom is -0.206 e. The van der Waals surface area contributed by atoms with Crippen molar-refractivity contribution in [2.45, 2.75) is 35.5 Å². The molecule has 1 saturated carbocycles. The average molecular weight is 549 g/mol. The Morgan fingerprint density at radius 2 is 1.35 bits per heavy atom. The van der Waals surface area contributed by atoms with Crippen LogP contribution in [0.3, 0.4) is 0 Å². The maximum Gasteiger partial charge on any atom is 0.153 e. The van der Waals surface area contributed by atoms with Gasteiger partial charge in [0.1, 0.15) is 11.5 Å². The van der Waals surface area contributed by atoms with Gasteiger partial charge < -0.3 is 0 Å². The summed E-state index contributed by atoms with van der Waals surface area (Å²) >= 11 is 6.93. The van der Waals surface area contributed by atoms with E-state index >= 15 is 0 Å². The van der Waals surface area contributed by atoms with Gasteiger partial charge in [-0.05, 0) is 84.3 Å². The molecule has 0 amide bonds. The fraction of sp³-hybridized carbons (Fsp3) is 0.240. The molecular formula is C25H19F3INS. The molecule has 0 saturated heterocycles. The number of halogens is 4. The summed E-state index contributed by atoms with van der Waals surface area (Å²) in [6, 6.07) is 15.1. The first-order valence-corrected chi connectivity index (χ1v) is 11.7. The van der Waals surface area contributed by atoms with E-state index < -0.39 is 23.1 Å². The van der Waals surface area contributed by atoms with Crippen molar-refractivity contribution in [3.8, 4) is 22.3 Å². The number of rotatable bonds is 4. The lowest BCUT2D eigenvalue weighted by molar-refractivity contribution is 0.462. The van der Waals surface area contributed by atoms with Crippen LogP contribution in [0.15, 0.2) is 59.6 Å². The number of hydrogen-bond donors (Lipinski definition) is 0. The average Bonchev–Trinajstić information content (AvgIpc) is 2.77. The highest BCUT2D eigenvalue weighted by Gasteiger charge is 2.20. The molecule has 0 aliphatic heterocycles. The van der Waals surface area contributed by atoms with E-state index in [1.54, 1.807) is 6.07 Å². The molecule has 0 atom stereocenters. The standard InChI is InChI=1S/C25H19F3INS/c26-22-11-18(17-3-1-15(2-4-17)16-5-8-20(29)9-6-16)7-10-21(22)19-12-23(27)25(30-14-31)24(28)13-19/h1-4,7,10-13,16,20H,5-6,8-9H2. The second-order valence-electron chi connectivity index (χ2n) is 7.76. The molecule has 0 aromatic heterocycles. The van der Waals surface area contributed by atoms with Crippen LogP contribution in [0, 0.1) is 17.5 Å². The van der Waals surface area contributed by atoms with Crippen LogP contribution >= 0.6 is 34.8 Å². The Labute approximate surface area is 198 Å². The predicted octanol–water partition coefficient (Wildman–Crippen LogP) is 8.63. The van der Waals surface area contributed by atoms with E-state index in [1.807, 2.05) is 17.3 Å². The minimum atomic E-state index is -0.914. The van der Waals surface area contributed by atoms with Crippen molar-refractivity contribution in [2.75, 3.05) is 0 Å². The van der Waals surface area contributed by atoms with Crippen molar-refractivity contribution in [1.82, 2.24) is 0 Å². The Morgan fingerprint density at radius 3 is 1.94 bits per heavy atom. The Bertz CT molecular complexity index is 1120. The van der Waals surface area contributed by atoms with Gasteiger partial charge in [0.15, 0.2) is 11.6 Å². The molecule has 0 N–H and O–H groups in total. The Morgan fingerprint density at radius 1 is 0.774 bits per heavy atom. The van der Waals surface area contributed by atoms with Gasteiger partial charge in [-0.1, -0.05) is 59.0 Å². The molecule has 3 aromatic carbocycles. The van der Waals surface area contributed by atoms with Crippen molar-refractivity contribution >= 4 is 45.7 Å². The van der Waals surface area contributed by atoms with Gasteiger partial charge in [-0.15, -0.1) is 0 Å². The van der Waals surface area contributed by atoms with Crippen molar-refractivity contribution in [3.05, 3.63) is 77.6 Å². The summed E-state index contributed by atoms with van der Waals surface area (Å²) in [5.41, 5.74) is 2.64. The number of benzene rings is 3. The molecule has 0 heterocycles. The van der Waals surface area contributed by atoms with Crippen LogP contribution in [0.2, 0.25) is 0 Å². The molecule has 0 unspecified atom stereocenters. The van der Waals surface area contributed by atoms with Crippen LogP contribution in [0.25, 0.3) is 22.3 Å². The van der Waals surface area contributed by atoms with Crippen LogP contribution in [-0.2, 0) is 0 Å². The van der Waals surface area contributed by atoms with Gasteiger partial charge in [-0.25, -0.2) is 13.2 Å². The summed E-state index contributed by atoms with van der Waals surface area (Å²) in [6.07, 6.45) is 4.91. The minimum absolute atomic E-state index is 0.101. The SMILES string of the molecule is Fc1cc(-c2ccc(C3CCC(I)CC3)cc2)ccc1-c1cc(F)c(N=C=S)c(F)c1. The molecule has 158 valence electrons. The van der Waals surface area contributed by atoms with E-state index in [1.165, 1.54) is 43.4 Å². The predicted molar refractivity (Wildman–Crippen MR) is 131 cm³/mol. The first-order chi connectivity index (χ1) is 15.0. The lowest BCUT2D eigenvalue weighted by Gasteiger charge is -2.25. The van der Waals surface area contributed by atoms with E-state index in [9.17, 15) is 13.2 Å². The van der Waals surface area contributed by atoms with Gasteiger partial charge in [0.2, 0.25) is 0 Å². The van der Waals surface area contributed by atoms with Gasteiger partial charge >= 0.3 is 0 Å². The van der Waals surface area contributed by atoms with E-state index in [0.717, 1.165) is 21.6 Å². The molecule has 0 bridgehead atoms. The van der Waals surface area contributed by atoms with Gasteiger partial charge in [0.25, 0.3) is 0 Å². The lowest BCUT2D eigenvalue weighted by Crippen LogP contribution is -2.12. The third-order valence-electron chi connectivity index (χ3n) is 5.83. The van der Waals surface area contributed by atoms with Crippen molar-refractivity contribution in [3.63, 3.8) is 0 Å². The summed E-state index contributed by atoms with van der Waals surface area (Å²) in [5, 5.41) is 1.94. The van der Waals surface area contributed by atoms with Crippen LogP contribution in [0.5, 0.6) is 0 Å². The lowest BCUT2D eigenvalue weighted by atomic mass is 9.83. The van der Waals surface area contributed by atoms with Gasteiger partial charge in [-0.2, -0.15) is 4.99 Å². The number of hydrogen-bond acceptors (Lipinski definition) is 2. The molecule has 1 aliphatic carbocycles. The summed E-state index contributed by atoms with van der Waals surface area (Å²) < 4.78 is 43.9. The van der Waals surface area contributed by atoms with Gasteiger partial charge in [0.05, 0.1) is 5.16 Å². The summed E-state index contributed by atoms with van der Waals surface area (Å²) in [6.45, 7) is 0. The van der Waals surface area contributed by atoms with E-state index in [2.05, 4.69) is 51.9 Å². The first-order valence-electron chi connectivity index (χ1n) is 10.1. The largest absolute Gasteiger partial charge is 0.206 e. The molecule has 0 radical (unpaired) electrons. The second kappa shape index (κ2) is 9.63. The summed E-state index contributed by atoms with van der Waals surface area (Å²) in [4.78, 5) is 3.38. The van der Waals surface area contributed by atoms with E-state index in [0.29, 0.717) is 11.5 Å². The zero-order valence-electron chi connectivity index (χ0n) is 16.5. The smallest absolute Gasteiger partial charge is 0.153 e. The third kappa shape index (κ3) is 4.92. The van der Waals surface area contributed by atoms with Crippen LogP contribution in [-0.4, -0.2) is 9.09 Å². The molecule has 4 rings (SSSR count). The highest BCUT2D eigenvalue weighted by atomic mass is 127. The molecule has 6 heteroatoms. The highest BCUT2D eigenvalue weighted by Crippen LogP contribution is 2.37. The number of aliphatic imine (C=N–C) groups is 1. The number of thiocarbonyl (C=S) groups is 1. The summed E-state index contributed by atoms with van der Waals surface area (Å²) in [7, 11) is 0. The van der Waals surface area contributed by atoms with Gasteiger partial charge in [0, 0.05) is 9.49 Å². The van der Waals surface area contributed by atoms with Crippen LogP contribution < -0.4 is 0 Å². The van der Waals surface area contributed by atoms with E-state index in [-0.39, 0.29) is 11.1 Å². The van der Waals surface area contributed by atoms with Gasteiger partial charge in [-0.3, -0.25) is 0 Å². The zero-order valence-corrected chi connectivity index (χ0v) is 19.5. The van der Waals surface area contributed by atoms with Crippen molar-refractivity contribution < 1.29 is 13.2 Å². The highest BCUT2D eigenvalue weighted by molar-refractivity contribution is 14.1. The topological polar surface area (TPSA) is 12.4 Å². The third-order valence-corrected chi connectivity index (χ3v) is 7.16. The molecule has 0 spiro atoms. The zero-order chi connectivity index (χ0) is 22.0. The second-order valence-corrected chi connectivity index (χ2v) is 9.70. The Balaban J connectivity index is 1.59. The first kappa shape index (κ1) is 22.2. The molecule has 31 heavy (non-hydrogen) atoms. The number of isothiocyanates is 1. The Kier molecular flexibility index (Phi) is 6.89. The van der Waals surface area contributed by atoms with Crippen LogP contribution in [0.1, 0.15) is 37.2 Å². The molecular weight excluding hydrogens is 530 g/mol. The van der Waals surface area contributed by atoms with Crippen molar-refractivity contribution in [1.29, 1.82) is 0 Å². The van der Waals surface area contributed by atoms with Crippen LogP contribution in [0.4, 0.5) is 18.9 Å². The van der Waals surface area contributed by atoms with Crippen molar-refractivity contribution in [2.24, 2.45) is 4.99 Å². The number of alkyl halides is 1. The maximum atomic E-state index is 14.8. The molecule has 1 aliphatic rings. The maximum absolute atomic E-state index is 14.8. The fourth-order valence-corrected chi connectivity index (χ4v) is 4.95. The fourth-order valence-electron chi connectivity index (χ4n) is 4.14. The molecule has 1 nitrogen and oxygen atoms in total. The van der Waals surface area contributed by atoms with E-state index in [4.69, 9.17) is 0 Å². The normalized spacial score (nSPS) is 18.5. The monoisotopic (exact) mass is 549 g/mol. The quantitative estimate of drug-likeness (QED) is 0.137.